The molecule has 2 N–H and O–H groups in total. The van der Waals surface area contributed by atoms with E-state index in [0.717, 1.165) is 5.56 Å². The molecule has 3 rings (SSSR count). The molecule has 0 saturated carbocycles. The first-order chi connectivity index (χ1) is 9.11. The van der Waals surface area contributed by atoms with E-state index < -0.39 is 11.6 Å². The average Bonchev–Trinajstić information content (AvgIpc) is 2.81. The minimum absolute atomic E-state index is 0.211. The predicted octanol–water partition coefficient (Wildman–Crippen LogP) is 0.468. The zero-order valence-corrected chi connectivity index (χ0v) is 10.3. The van der Waals surface area contributed by atoms with Crippen molar-refractivity contribution in [3.05, 3.63) is 41.6 Å². The second kappa shape index (κ2) is 4.20. The van der Waals surface area contributed by atoms with Crippen molar-refractivity contribution in [1.82, 2.24) is 10.2 Å². The molecule has 1 unspecified atom stereocenters. The maximum Gasteiger partial charge on any atom is 0.277 e. The van der Waals surface area contributed by atoms with E-state index in [1.165, 1.54) is 4.90 Å². The third-order valence-corrected chi connectivity index (χ3v) is 3.55. The lowest BCUT2D eigenvalue weighted by molar-refractivity contribution is -0.170. The first-order valence-corrected chi connectivity index (χ1v) is 6.24. The molecule has 2 heterocycles. The van der Waals surface area contributed by atoms with Gasteiger partial charge in [-0.2, -0.15) is 0 Å². The number of hydrogen-bond donors (Lipinski definition) is 2. The van der Waals surface area contributed by atoms with Crippen molar-refractivity contribution >= 4 is 17.9 Å². The molecule has 2 saturated heterocycles. The highest BCUT2D eigenvalue weighted by Crippen LogP contribution is 2.31. The molecule has 5 nitrogen and oxygen atoms in total. The number of carbonyl (C=O) groups excluding carboxylic acids is 2. The summed E-state index contributed by atoms with van der Waals surface area (Å²) in [6, 6.07) is 9.28. The van der Waals surface area contributed by atoms with Crippen molar-refractivity contribution in [2.75, 3.05) is 6.54 Å². The number of aliphatic hydroxyl groups is 1. The van der Waals surface area contributed by atoms with Gasteiger partial charge in [0.1, 0.15) is 5.70 Å². The van der Waals surface area contributed by atoms with E-state index in [4.69, 9.17) is 0 Å². The van der Waals surface area contributed by atoms with Gasteiger partial charge < -0.3 is 15.3 Å². The molecule has 0 aromatic heterocycles. The van der Waals surface area contributed by atoms with E-state index in [1.54, 1.807) is 6.08 Å². The van der Waals surface area contributed by atoms with Crippen molar-refractivity contribution in [3.63, 3.8) is 0 Å². The fourth-order valence-corrected chi connectivity index (χ4v) is 2.54. The smallest absolute Gasteiger partial charge is 0.277 e. The summed E-state index contributed by atoms with van der Waals surface area (Å²) in [4.78, 5) is 25.4. The fourth-order valence-electron chi connectivity index (χ4n) is 2.54. The summed E-state index contributed by atoms with van der Waals surface area (Å²) in [7, 11) is 0. The van der Waals surface area contributed by atoms with Gasteiger partial charge in [-0.3, -0.25) is 9.59 Å². The molecular weight excluding hydrogens is 244 g/mol. The number of rotatable bonds is 1. The van der Waals surface area contributed by atoms with Crippen LogP contribution in [-0.2, 0) is 9.59 Å². The van der Waals surface area contributed by atoms with E-state index in [2.05, 4.69) is 5.32 Å². The minimum Gasteiger partial charge on any atom is -0.363 e. The van der Waals surface area contributed by atoms with Crippen LogP contribution in [0.1, 0.15) is 18.4 Å². The highest BCUT2D eigenvalue weighted by molar-refractivity contribution is 6.08. The monoisotopic (exact) mass is 258 g/mol. The number of hydrogen-bond acceptors (Lipinski definition) is 3. The van der Waals surface area contributed by atoms with Crippen molar-refractivity contribution < 1.29 is 14.7 Å². The summed E-state index contributed by atoms with van der Waals surface area (Å²) in [6.45, 7) is 0.412. The molecule has 2 aliphatic heterocycles. The molecule has 5 heteroatoms. The standard InChI is InChI=1S/C14H14N2O3/c17-12-11(9-10-5-2-1-3-6-10)15-13(18)14(19)7-4-8-16(12)14/h1-3,5-6,9,19H,4,7-8H2,(H,15,18)/b11-9-. The number of nitrogens with one attached hydrogen (secondary N) is 1. The summed E-state index contributed by atoms with van der Waals surface area (Å²) in [5, 5.41) is 12.7. The molecule has 1 atom stereocenters. The number of amides is 2. The molecule has 0 aliphatic carbocycles. The molecule has 98 valence electrons. The molecule has 0 spiro atoms. The van der Waals surface area contributed by atoms with Gasteiger partial charge in [0.2, 0.25) is 5.72 Å². The Morgan fingerprint density at radius 3 is 2.74 bits per heavy atom. The molecule has 0 radical (unpaired) electrons. The Labute approximate surface area is 110 Å². The molecule has 2 fully saturated rings. The molecule has 1 aromatic carbocycles. The first-order valence-electron chi connectivity index (χ1n) is 6.24. The van der Waals surface area contributed by atoms with Crippen LogP contribution in [0, 0.1) is 0 Å². The fraction of sp³-hybridized carbons (Fsp3) is 0.286. The van der Waals surface area contributed by atoms with Gasteiger partial charge in [-0.25, -0.2) is 0 Å². The number of carbonyl (C=O) groups is 2. The van der Waals surface area contributed by atoms with Crippen LogP contribution in [0.5, 0.6) is 0 Å². The van der Waals surface area contributed by atoms with Crippen LogP contribution in [0.4, 0.5) is 0 Å². The lowest BCUT2D eigenvalue weighted by atomic mass is 10.1. The summed E-state index contributed by atoms with van der Waals surface area (Å²) in [5.41, 5.74) is -0.621. The van der Waals surface area contributed by atoms with E-state index >= 15 is 0 Å². The van der Waals surface area contributed by atoms with Gasteiger partial charge in [-0.05, 0) is 18.1 Å². The molecular formula is C14H14N2O3. The van der Waals surface area contributed by atoms with Gasteiger partial charge in [-0.15, -0.1) is 0 Å². The Balaban J connectivity index is 1.96. The number of nitrogens with zero attached hydrogens (tertiary/aromatic N) is 1. The van der Waals surface area contributed by atoms with E-state index in [9.17, 15) is 14.7 Å². The largest absolute Gasteiger partial charge is 0.363 e. The minimum atomic E-state index is -1.66. The predicted molar refractivity (Wildman–Crippen MR) is 68.5 cm³/mol. The van der Waals surface area contributed by atoms with Crippen molar-refractivity contribution in [2.45, 2.75) is 18.6 Å². The topological polar surface area (TPSA) is 69.6 Å². The quantitative estimate of drug-likeness (QED) is 0.719. The van der Waals surface area contributed by atoms with Crippen LogP contribution in [0.2, 0.25) is 0 Å². The van der Waals surface area contributed by atoms with Crippen LogP contribution in [0.15, 0.2) is 36.0 Å². The molecule has 1 aromatic rings. The third kappa shape index (κ3) is 1.82. The summed E-state index contributed by atoms with van der Waals surface area (Å²) < 4.78 is 0. The SMILES string of the molecule is O=C1/C(=C/c2ccccc2)NC(=O)C2(O)CCCN12. The average molecular weight is 258 g/mol. The van der Waals surface area contributed by atoms with E-state index in [1.807, 2.05) is 30.3 Å². The first kappa shape index (κ1) is 11.9. The second-order valence-electron chi connectivity index (χ2n) is 4.80. The van der Waals surface area contributed by atoms with Crippen molar-refractivity contribution in [3.8, 4) is 0 Å². The zero-order chi connectivity index (χ0) is 13.5. The summed E-state index contributed by atoms with van der Waals surface area (Å²) >= 11 is 0. The van der Waals surface area contributed by atoms with Gasteiger partial charge in [0.15, 0.2) is 0 Å². The van der Waals surface area contributed by atoms with Gasteiger partial charge >= 0.3 is 0 Å². The maximum atomic E-state index is 12.2. The van der Waals surface area contributed by atoms with Gasteiger partial charge in [0.05, 0.1) is 0 Å². The van der Waals surface area contributed by atoms with Crippen LogP contribution in [0.25, 0.3) is 6.08 Å². The normalized spacial score (nSPS) is 28.5. The summed E-state index contributed by atoms with van der Waals surface area (Å²) in [6.07, 6.45) is 2.55. The molecule has 2 aliphatic rings. The summed E-state index contributed by atoms with van der Waals surface area (Å²) in [5.74, 6) is -0.852. The molecule has 2 amide bonds. The van der Waals surface area contributed by atoms with Gasteiger partial charge in [0, 0.05) is 13.0 Å². The van der Waals surface area contributed by atoms with Crippen molar-refractivity contribution in [2.24, 2.45) is 0 Å². The Kier molecular flexibility index (Phi) is 2.64. The Bertz CT molecular complexity index is 567. The molecule has 0 bridgehead atoms. The molecule has 19 heavy (non-hydrogen) atoms. The van der Waals surface area contributed by atoms with Crippen LogP contribution < -0.4 is 5.32 Å². The van der Waals surface area contributed by atoms with E-state index in [-0.39, 0.29) is 11.6 Å². The van der Waals surface area contributed by atoms with Crippen LogP contribution in [-0.4, -0.2) is 34.1 Å². The van der Waals surface area contributed by atoms with Crippen LogP contribution in [0.3, 0.4) is 0 Å². The maximum absolute atomic E-state index is 12.2. The van der Waals surface area contributed by atoms with E-state index in [0.29, 0.717) is 19.4 Å². The zero-order valence-electron chi connectivity index (χ0n) is 10.3. The Morgan fingerprint density at radius 1 is 1.26 bits per heavy atom. The van der Waals surface area contributed by atoms with Gasteiger partial charge in [-0.1, -0.05) is 30.3 Å². The third-order valence-electron chi connectivity index (χ3n) is 3.55. The highest BCUT2D eigenvalue weighted by Gasteiger charge is 2.52. The Hall–Kier alpha value is -2.14. The Morgan fingerprint density at radius 2 is 2.00 bits per heavy atom. The number of piperazine rings is 1. The second-order valence-corrected chi connectivity index (χ2v) is 4.80. The van der Waals surface area contributed by atoms with Crippen LogP contribution >= 0.6 is 0 Å². The lowest BCUT2D eigenvalue weighted by Crippen LogP contribution is -2.63. The highest BCUT2D eigenvalue weighted by atomic mass is 16.3. The lowest BCUT2D eigenvalue weighted by Gasteiger charge is -2.37. The number of fused-ring (bicyclic) bond motifs is 1. The number of benzene rings is 1. The van der Waals surface area contributed by atoms with Gasteiger partial charge in [0.25, 0.3) is 11.8 Å². The van der Waals surface area contributed by atoms with Crippen molar-refractivity contribution in [1.29, 1.82) is 0 Å².